The molecule has 0 bridgehead atoms. The first kappa shape index (κ1) is 12.1. The second kappa shape index (κ2) is 4.96. The molecule has 2 heterocycles. The quantitative estimate of drug-likeness (QED) is 0.758. The molecule has 7 heteroatoms. The van der Waals surface area contributed by atoms with Gasteiger partial charge in [-0.1, -0.05) is 0 Å². The van der Waals surface area contributed by atoms with Crippen LogP contribution in [0.1, 0.15) is 16.4 Å². The first-order valence-electron chi connectivity index (χ1n) is 5.91. The van der Waals surface area contributed by atoms with Crippen molar-refractivity contribution >= 4 is 11.6 Å². The minimum absolute atomic E-state index is 0.113. The van der Waals surface area contributed by atoms with E-state index >= 15 is 0 Å². The lowest BCUT2D eigenvalue weighted by atomic mass is 10.1. The summed E-state index contributed by atoms with van der Waals surface area (Å²) in [6.07, 6.45) is 3.00. The van der Waals surface area contributed by atoms with E-state index in [1.165, 1.54) is 6.39 Å². The Balaban J connectivity index is 1.74. The van der Waals surface area contributed by atoms with Gasteiger partial charge in [-0.2, -0.15) is 0 Å². The number of hydrogen-bond acceptors (Lipinski definition) is 5. The second-order valence-electron chi connectivity index (χ2n) is 4.14. The van der Waals surface area contributed by atoms with Gasteiger partial charge in [0.2, 0.25) is 5.82 Å². The molecular formula is C13H11N5O2. The lowest BCUT2D eigenvalue weighted by Gasteiger charge is -2.03. The first-order valence-corrected chi connectivity index (χ1v) is 5.91. The van der Waals surface area contributed by atoms with E-state index in [0.29, 0.717) is 17.3 Å². The van der Waals surface area contributed by atoms with Gasteiger partial charge in [0.15, 0.2) is 12.2 Å². The van der Waals surface area contributed by atoms with Crippen LogP contribution in [0.15, 0.2) is 41.3 Å². The Morgan fingerprint density at radius 3 is 2.70 bits per heavy atom. The molecule has 100 valence electrons. The molecule has 0 aliphatic carbocycles. The number of oxazole rings is 1. The Labute approximate surface area is 114 Å². The molecule has 1 aromatic carbocycles. The van der Waals surface area contributed by atoms with Gasteiger partial charge in [0, 0.05) is 11.3 Å². The minimum Gasteiger partial charge on any atom is -0.444 e. The van der Waals surface area contributed by atoms with Crippen molar-refractivity contribution in [1.29, 1.82) is 0 Å². The number of amides is 1. The average Bonchev–Trinajstić information content (AvgIpc) is 3.10. The lowest BCUT2D eigenvalue weighted by Crippen LogP contribution is -2.13. The van der Waals surface area contributed by atoms with Gasteiger partial charge in [-0.25, -0.2) is 9.97 Å². The molecule has 0 spiro atoms. The third-order valence-corrected chi connectivity index (χ3v) is 2.66. The molecule has 0 fully saturated rings. The van der Waals surface area contributed by atoms with Crippen LogP contribution in [-0.4, -0.2) is 26.1 Å². The van der Waals surface area contributed by atoms with Crippen LogP contribution in [0.25, 0.3) is 11.3 Å². The monoisotopic (exact) mass is 269 g/mol. The van der Waals surface area contributed by atoms with E-state index in [0.717, 1.165) is 5.56 Å². The van der Waals surface area contributed by atoms with Crippen molar-refractivity contribution in [1.82, 2.24) is 20.2 Å². The van der Waals surface area contributed by atoms with Gasteiger partial charge in [0.05, 0.1) is 6.20 Å². The van der Waals surface area contributed by atoms with Crippen LogP contribution in [0.3, 0.4) is 0 Å². The van der Waals surface area contributed by atoms with E-state index in [1.54, 1.807) is 25.3 Å². The topological polar surface area (TPSA) is 96.7 Å². The van der Waals surface area contributed by atoms with E-state index in [1.807, 2.05) is 12.1 Å². The number of aryl methyl sites for hydroxylation is 1. The van der Waals surface area contributed by atoms with Crippen molar-refractivity contribution in [2.45, 2.75) is 6.92 Å². The predicted octanol–water partition coefficient (Wildman–Crippen LogP) is 2.02. The Hall–Kier alpha value is -2.96. The van der Waals surface area contributed by atoms with Crippen LogP contribution in [-0.2, 0) is 0 Å². The fourth-order valence-electron chi connectivity index (χ4n) is 1.71. The highest BCUT2D eigenvalue weighted by molar-refractivity contribution is 6.01. The Bertz CT molecular complexity index is 716. The highest BCUT2D eigenvalue weighted by Gasteiger charge is 2.11. The largest absolute Gasteiger partial charge is 0.444 e. The summed E-state index contributed by atoms with van der Waals surface area (Å²) in [7, 11) is 0. The third-order valence-electron chi connectivity index (χ3n) is 2.66. The molecule has 2 N–H and O–H groups in total. The number of nitrogens with one attached hydrogen (secondary N) is 2. The molecule has 0 unspecified atom stereocenters. The standard InChI is InChI=1S/C13H11N5O2/c1-8-15-12(18-17-8)13(19)16-10-4-2-9(3-5-10)11-6-14-7-20-11/h2-7H,1H3,(H,16,19)(H,15,17,18). The molecule has 20 heavy (non-hydrogen) atoms. The van der Waals surface area contributed by atoms with E-state index in [4.69, 9.17) is 4.42 Å². The number of aromatic nitrogens is 4. The predicted molar refractivity (Wildman–Crippen MR) is 71.0 cm³/mol. The fraction of sp³-hybridized carbons (Fsp3) is 0.0769. The molecule has 3 rings (SSSR count). The molecule has 0 atom stereocenters. The molecular weight excluding hydrogens is 258 g/mol. The van der Waals surface area contributed by atoms with Gasteiger partial charge in [-0.3, -0.25) is 9.89 Å². The van der Waals surface area contributed by atoms with E-state index in [9.17, 15) is 4.79 Å². The van der Waals surface area contributed by atoms with E-state index in [-0.39, 0.29) is 11.7 Å². The summed E-state index contributed by atoms with van der Waals surface area (Å²) in [6, 6.07) is 7.21. The number of carbonyl (C=O) groups excluding carboxylic acids is 1. The first-order chi connectivity index (χ1) is 9.72. The summed E-state index contributed by atoms with van der Waals surface area (Å²) >= 11 is 0. The number of benzene rings is 1. The van der Waals surface area contributed by atoms with Crippen molar-refractivity contribution in [3.8, 4) is 11.3 Å². The van der Waals surface area contributed by atoms with Gasteiger partial charge in [0.25, 0.3) is 5.91 Å². The van der Waals surface area contributed by atoms with Crippen LogP contribution in [0.4, 0.5) is 5.69 Å². The number of rotatable bonds is 3. The summed E-state index contributed by atoms with van der Waals surface area (Å²) in [5, 5.41) is 9.13. The second-order valence-corrected chi connectivity index (χ2v) is 4.14. The molecule has 0 aliphatic heterocycles. The molecule has 0 saturated heterocycles. The highest BCUT2D eigenvalue weighted by Crippen LogP contribution is 2.20. The molecule has 0 radical (unpaired) electrons. The normalized spacial score (nSPS) is 10.4. The molecule has 0 aliphatic rings. The molecule has 0 saturated carbocycles. The van der Waals surface area contributed by atoms with Gasteiger partial charge in [-0.15, -0.1) is 5.10 Å². The number of nitrogens with zero attached hydrogens (tertiary/aromatic N) is 3. The summed E-state index contributed by atoms with van der Waals surface area (Å²) in [5.74, 6) is 1.02. The number of hydrogen-bond donors (Lipinski definition) is 2. The van der Waals surface area contributed by atoms with Gasteiger partial charge < -0.3 is 9.73 Å². The van der Waals surface area contributed by atoms with Crippen LogP contribution >= 0.6 is 0 Å². The Kier molecular flexibility index (Phi) is 3.00. The van der Waals surface area contributed by atoms with E-state index < -0.39 is 0 Å². The van der Waals surface area contributed by atoms with Gasteiger partial charge in [-0.05, 0) is 31.2 Å². The van der Waals surface area contributed by atoms with Gasteiger partial charge >= 0.3 is 0 Å². The number of aromatic amines is 1. The zero-order valence-corrected chi connectivity index (χ0v) is 10.6. The molecule has 3 aromatic rings. The Morgan fingerprint density at radius 2 is 2.10 bits per heavy atom. The summed E-state index contributed by atoms with van der Waals surface area (Å²) < 4.78 is 5.19. The molecule has 7 nitrogen and oxygen atoms in total. The summed E-state index contributed by atoms with van der Waals surface area (Å²) in [5.41, 5.74) is 1.54. The average molecular weight is 269 g/mol. The van der Waals surface area contributed by atoms with Crippen molar-refractivity contribution in [2.24, 2.45) is 0 Å². The fourth-order valence-corrected chi connectivity index (χ4v) is 1.71. The highest BCUT2D eigenvalue weighted by atomic mass is 16.3. The lowest BCUT2D eigenvalue weighted by molar-refractivity contribution is 0.101. The molecule has 1 amide bonds. The summed E-state index contributed by atoms with van der Waals surface area (Å²) in [6.45, 7) is 1.73. The van der Waals surface area contributed by atoms with Crippen molar-refractivity contribution < 1.29 is 9.21 Å². The van der Waals surface area contributed by atoms with Crippen LogP contribution in [0.5, 0.6) is 0 Å². The summed E-state index contributed by atoms with van der Waals surface area (Å²) in [4.78, 5) is 19.7. The van der Waals surface area contributed by atoms with Crippen LogP contribution < -0.4 is 5.32 Å². The maximum atomic E-state index is 11.9. The maximum absolute atomic E-state index is 11.9. The van der Waals surface area contributed by atoms with Crippen molar-refractivity contribution in [3.63, 3.8) is 0 Å². The zero-order valence-electron chi connectivity index (χ0n) is 10.6. The van der Waals surface area contributed by atoms with Crippen molar-refractivity contribution in [3.05, 3.63) is 48.5 Å². The number of anilines is 1. The molecule has 2 aromatic heterocycles. The maximum Gasteiger partial charge on any atom is 0.295 e. The third kappa shape index (κ3) is 2.41. The number of carbonyl (C=O) groups is 1. The van der Waals surface area contributed by atoms with Crippen LogP contribution in [0.2, 0.25) is 0 Å². The zero-order chi connectivity index (χ0) is 13.9. The van der Waals surface area contributed by atoms with E-state index in [2.05, 4.69) is 25.5 Å². The van der Waals surface area contributed by atoms with Crippen LogP contribution in [0, 0.1) is 6.92 Å². The SMILES string of the molecule is Cc1nc(C(=O)Nc2ccc(-c3cnco3)cc2)n[nH]1. The Morgan fingerprint density at radius 1 is 1.30 bits per heavy atom. The smallest absolute Gasteiger partial charge is 0.295 e. The number of H-pyrrole nitrogens is 1. The van der Waals surface area contributed by atoms with Gasteiger partial charge in [0.1, 0.15) is 5.82 Å². The minimum atomic E-state index is -0.359. The van der Waals surface area contributed by atoms with Crippen molar-refractivity contribution in [2.75, 3.05) is 5.32 Å².